The Morgan fingerprint density at radius 1 is 1.00 bits per heavy atom. The maximum absolute atomic E-state index is 14.6. The molecule has 0 aromatic heterocycles. The van der Waals surface area contributed by atoms with Crippen molar-refractivity contribution in [2.45, 2.75) is 44.8 Å². The van der Waals surface area contributed by atoms with Gasteiger partial charge >= 0.3 is 6.36 Å². The molecular formula is C31H28F4N4O5. The van der Waals surface area contributed by atoms with Crippen LogP contribution in [0, 0.1) is 17.1 Å². The number of likely N-dealkylation sites (tertiary alicyclic amines) is 1. The second kappa shape index (κ2) is 12.3. The summed E-state index contributed by atoms with van der Waals surface area (Å²) in [6.45, 7) is 1.24. The molecule has 5 rings (SSSR count). The molecule has 1 heterocycles. The number of halogens is 4. The molecule has 44 heavy (non-hydrogen) atoms. The first kappa shape index (κ1) is 30.5. The van der Waals surface area contributed by atoms with E-state index in [2.05, 4.69) is 15.4 Å². The third-order valence-corrected chi connectivity index (χ3v) is 7.43. The summed E-state index contributed by atoms with van der Waals surface area (Å²) in [5.41, 5.74) is 0.694. The number of nitrogens with one attached hydrogen (secondary N) is 3. The Hall–Kier alpha value is -4.94. The standard InChI is InChI=1S/C31H28F4N4O5/c1-17(40)29(36)21-14-20(43-16-18-6-3-2-4-7-18)10-11-22(21)37-15-27(41)39-24-12-19(24)13-25(39)30(42)38-23-8-5-9-26(28(23)32)44-31(33,34)35/h2-11,14,19,24-25,36-37H,12-13,15-16H2,1H3,(H,38,42)/t19?,24-,25+/m1/s1. The number of ketones is 1. The van der Waals surface area contributed by atoms with Gasteiger partial charge in [-0.3, -0.25) is 19.8 Å². The van der Waals surface area contributed by atoms with Gasteiger partial charge in [-0.05, 0) is 54.7 Å². The molecule has 1 aliphatic carbocycles. The molecule has 3 atom stereocenters. The number of piperidine rings is 1. The zero-order valence-corrected chi connectivity index (χ0v) is 23.4. The van der Waals surface area contributed by atoms with E-state index < -0.39 is 47.3 Å². The fourth-order valence-corrected chi connectivity index (χ4v) is 5.24. The quantitative estimate of drug-likeness (QED) is 0.200. The minimum Gasteiger partial charge on any atom is -0.489 e. The topological polar surface area (TPSA) is 121 Å². The Balaban J connectivity index is 1.27. The van der Waals surface area contributed by atoms with Crippen molar-refractivity contribution in [3.63, 3.8) is 0 Å². The van der Waals surface area contributed by atoms with Gasteiger partial charge in [0.2, 0.25) is 11.8 Å². The largest absolute Gasteiger partial charge is 0.573 e. The van der Waals surface area contributed by atoms with Gasteiger partial charge in [0.25, 0.3) is 0 Å². The van der Waals surface area contributed by atoms with E-state index in [1.807, 2.05) is 30.3 Å². The molecule has 13 heteroatoms. The summed E-state index contributed by atoms with van der Waals surface area (Å²) >= 11 is 0. The van der Waals surface area contributed by atoms with Crippen LogP contribution in [0.2, 0.25) is 0 Å². The van der Waals surface area contributed by atoms with E-state index >= 15 is 0 Å². The maximum atomic E-state index is 14.6. The summed E-state index contributed by atoms with van der Waals surface area (Å²) in [5.74, 6) is -3.68. The van der Waals surface area contributed by atoms with Crippen LogP contribution in [0.5, 0.6) is 11.5 Å². The van der Waals surface area contributed by atoms with Crippen molar-refractivity contribution in [3.8, 4) is 11.5 Å². The molecule has 2 fully saturated rings. The van der Waals surface area contributed by atoms with Crippen molar-refractivity contribution in [1.82, 2.24) is 4.90 Å². The van der Waals surface area contributed by atoms with Gasteiger partial charge in [-0.15, -0.1) is 13.2 Å². The minimum absolute atomic E-state index is 0.0712. The van der Waals surface area contributed by atoms with E-state index in [-0.39, 0.29) is 36.4 Å². The molecule has 1 unspecified atom stereocenters. The van der Waals surface area contributed by atoms with Gasteiger partial charge in [0, 0.05) is 24.2 Å². The Kier molecular flexibility index (Phi) is 8.56. The fraction of sp³-hybridized carbons (Fsp3) is 0.290. The first-order valence-electron chi connectivity index (χ1n) is 13.7. The number of amides is 2. The molecule has 1 saturated carbocycles. The van der Waals surface area contributed by atoms with E-state index in [0.29, 0.717) is 24.3 Å². The van der Waals surface area contributed by atoms with Gasteiger partial charge in [-0.1, -0.05) is 36.4 Å². The van der Waals surface area contributed by atoms with Crippen molar-refractivity contribution < 1.29 is 41.4 Å². The molecular weight excluding hydrogens is 584 g/mol. The molecule has 0 bridgehead atoms. The molecule has 9 nitrogen and oxygen atoms in total. The fourth-order valence-electron chi connectivity index (χ4n) is 5.24. The molecule has 1 saturated heterocycles. The lowest BCUT2D eigenvalue weighted by molar-refractivity contribution is -0.275. The van der Waals surface area contributed by atoms with Gasteiger partial charge in [-0.25, -0.2) is 4.39 Å². The number of benzene rings is 3. The summed E-state index contributed by atoms with van der Waals surface area (Å²) in [6.07, 6.45) is -4.12. The van der Waals surface area contributed by atoms with Crippen molar-refractivity contribution in [3.05, 3.63) is 83.7 Å². The van der Waals surface area contributed by atoms with Crippen LogP contribution in [0.1, 0.15) is 30.9 Å². The lowest BCUT2D eigenvalue weighted by Gasteiger charge is -2.27. The minimum atomic E-state index is -5.12. The highest BCUT2D eigenvalue weighted by molar-refractivity contribution is 6.45. The Morgan fingerprint density at radius 3 is 2.45 bits per heavy atom. The van der Waals surface area contributed by atoms with Crippen LogP contribution in [0.25, 0.3) is 0 Å². The third kappa shape index (κ3) is 6.99. The summed E-state index contributed by atoms with van der Waals surface area (Å²) in [5, 5.41) is 13.5. The zero-order chi connectivity index (χ0) is 31.6. The number of Topliss-reactive ketones (excluding diaryl/α,β-unsaturated/α-hetero) is 1. The molecule has 230 valence electrons. The molecule has 2 aliphatic rings. The lowest BCUT2D eigenvalue weighted by Crippen LogP contribution is -2.47. The van der Waals surface area contributed by atoms with Crippen molar-refractivity contribution in [2.75, 3.05) is 17.2 Å². The monoisotopic (exact) mass is 612 g/mol. The van der Waals surface area contributed by atoms with Gasteiger partial charge in [0.1, 0.15) is 24.1 Å². The van der Waals surface area contributed by atoms with Crippen molar-refractivity contribution in [1.29, 1.82) is 5.41 Å². The number of nitrogens with zero attached hydrogens (tertiary/aromatic N) is 1. The number of carbonyl (C=O) groups excluding carboxylic acids is 3. The number of hydrogen-bond donors (Lipinski definition) is 3. The highest BCUT2D eigenvalue weighted by atomic mass is 19.4. The number of ether oxygens (including phenoxy) is 2. The second-order valence-electron chi connectivity index (χ2n) is 10.5. The number of fused-ring (bicyclic) bond motifs is 1. The van der Waals surface area contributed by atoms with Gasteiger partial charge < -0.3 is 25.0 Å². The predicted octanol–water partition coefficient (Wildman–Crippen LogP) is 5.30. The van der Waals surface area contributed by atoms with Crippen LogP contribution < -0.4 is 20.1 Å². The molecule has 0 spiro atoms. The SMILES string of the molecule is CC(=O)C(=N)c1cc(OCc2ccccc2)ccc1NCC(=O)N1[C@@H]2CC2C[C@H]1C(=O)Nc1cccc(OC(F)(F)F)c1F. The van der Waals surface area contributed by atoms with E-state index in [9.17, 15) is 31.9 Å². The van der Waals surface area contributed by atoms with E-state index in [0.717, 1.165) is 23.8 Å². The van der Waals surface area contributed by atoms with Crippen LogP contribution in [-0.4, -0.2) is 53.2 Å². The van der Waals surface area contributed by atoms with Crippen LogP contribution in [0.3, 0.4) is 0 Å². The molecule has 3 aromatic carbocycles. The number of carbonyl (C=O) groups is 3. The first-order valence-corrected chi connectivity index (χ1v) is 13.7. The summed E-state index contributed by atoms with van der Waals surface area (Å²) in [6, 6.07) is 16.0. The number of alkyl halides is 3. The summed E-state index contributed by atoms with van der Waals surface area (Å²) in [7, 11) is 0. The molecule has 3 aromatic rings. The number of rotatable bonds is 11. The lowest BCUT2D eigenvalue weighted by atomic mass is 10.0. The second-order valence-corrected chi connectivity index (χ2v) is 10.5. The first-order chi connectivity index (χ1) is 20.9. The van der Waals surface area contributed by atoms with Crippen LogP contribution in [-0.2, 0) is 21.0 Å². The van der Waals surface area contributed by atoms with Gasteiger partial charge in [-0.2, -0.15) is 0 Å². The molecule has 3 N–H and O–H groups in total. The van der Waals surface area contributed by atoms with Crippen LogP contribution in [0.15, 0.2) is 66.7 Å². The number of anilines is 2. The molecule has 0 radical (unpaired) electrons. The molecule has 1 aliphatic heterocycles. The Labute approximate surface area is 249 Å². The van der Waals surface area contributed by atoms with Crippen LogP contribution >= 0.6 is 0 Å². The van der Waals surface area contributed by atoms with E-state index in [4.69, 9.17) is 10.1 Å². The normalized spacial score (nSPS) is 18.7. The summed E-state index contributed by atoms with van der Waals surface area (Å²) in [4.78, 5) is 39.9. The summed E-state index contributed by atoms with van der Waals surface area (Å²) < 4.78 is 62.0. The van der Waals surface area contributed by atoms with E-state index in [1.165, 1.54) is 17.9 Å². The average Bonchev–Trinajstić information content (AvgIpc) is 3.65. The van der Waals surface area contributed by atoms with Crippen molar-refractivity contribution >= 4 is 34.7 Å². The Bertz CT molecular complexity index is 1600. The predicted molar refractivity (Wildman–Crippen MR) is 152 cm³/mol. The number of hydrogen-bond acceptors (Lipinski definition) is 7. The Morgan fingerprint density at radius 2 is 1.75 bits per heavy atom. The van der Waals surface area contributed by atoms with Crippen LogP contribution in [0.4, 0.5) is 28.9 Å². The highest BCUT2D eigenvalue weighted by Crippen LogP contribution is 2.48. The van der Waals surface area contributed by atoms with Gasteiger partial charge in [0.15, 0.2) is 17.3 Å². The smallest absolute Gasteiger partial charge is 0.489 e. The maximum Gasteiger partial charge on any atom is 0.573 e. The third-order valence-electron chi connectivity index (χ3n) is 7.43. The molecule has 2 amide bonds. The van der Waals surface area contributed by atoms with E-state index in [1.54, 1.807) is 12.1 Å². The zero-order valence-electron chi connectivity index (χ0n) is 23.4. The van der Waals surface area contributed by atoms with Crippen molar-refractivity contribution in [2.24, 2.45) is 5.92 Å². The van der Waals surface area contributed by atoms with Gasteiger partial charge in [0.05, 0.1) is 12.2 Å². The highest BCUT2D eigenvalue weighted by Gasteiger charge is 2.56. The average molecular weight is 613 g/mol.